The third kappa shape index (κ3) is 6.62. The Bertz CT molecular complexity index is 471. The number of hydrogen-bond acceptors (Lipinski definition) is 3. The van der Waals surface area contributed by atoms with Crippen LogP contribution in [-0.2, 0) is 18.3 Å². The number of alkyl carbamates (subject to hydrolysis) is 1. The predicted molar refractivity (Wildman–Crippen MR) is 65.0 cm³/mol. The number of aryl methyl sites for hydroxylation is 1. The van der Waals surface area contributed by atoms with Crippen LogP contribution in [0.5, 0.6) is 0 Å². The molecule has 0 spiro atoms. The van der Waals surface area contributed by atoms with E-state index in [0.29, 0.717) is 0 Å². The van der Waals surface area contributed by atoms with Crippen molar-refractivity contribution in [2.24, 2.45) is 7.05 Å². The van der Waals surface area contributed by atoms with E-state index in [1.165, 1.54) is 7.05 Å². The normalized spacial score (nSPS) is 11.8. The molecule has 1 aromatic rings. The summed E-state index contributed by atoms with van der Waals surface area (Å²) in [5.74, 6) is 0. The third-order valence-corrected chi connectivity index (χ3v) is 2.11. The molecule has 108 valence electrons. The predicted octanol–water partition coefficient (Wildman–Crippen LogP) is -1.50. The number of aromatic nitrogens is 2. The van der Waals surface area contributed by atoms with Crippen LogP contribution in [0.15, 0.2) is 6.07 Å². The number of ether oxygens (including phenoxy) is 1. The molecule has 0 unspecified atom stereocenters. The smallest absolute Gasteiger partial charge is 0.444 e. The summed E-state index contributed by atoms with van der Waals surface area (Å²) in [6.07, 6.45) is -0.697. The summed E-state index contributed by atoms with van der Waals surface area (Å²) in [6.45, 7) is -0.149. The molecular weight excluding hydrogens is 301 g/mol. The van der Waals surface area contributed by atoms with Gasteiger partial charge in [0, 0.05) is 7.05 Å². The summed E-state index contributed by atoms with van der Waals surface area (Å²) in [6, 6.07) is 0.914. The summed E-state index contributed by atoms with van der Waals surface area (Å²) < 4.78 is 43.4. The van der Waals surface area contributed by atoms with E-state index in [1.54, 1.807) is 20.8 Å². The summed E-state index contributed by atoms with van der Waals surface area (Å²) in [4.78, 5) is 11.3. The van der Waals surface area contributed by atoms with Crippen LogP contribution in [0.2, 0.25) is 0 Å². The molecule has 0 aliphatic heterocycles. The SMILES string of the molecule is Cn1nc(CNC(=O)OC(C)(C)C)cc1[B-](F)(F)F.[K+]. The van der Waals surface area contributed by atoms with Crippen LogP contribution in [0.25, 0.3) is 0 Å². The number of nitrogens with one attached hydrogen (secondary N) is 1. The van der Waals surface area contributed by atoms with Crippen molar-refractivity contribution in [1.29, 1.82) is 0 Å². The summed E-state index contributed by atoms with van der Waals surface area (Å²) >= 11 is 0. The number of carbonyl (C=O) groups is 1. The van der Waals surface area contributed by atoms with Gasteiger partial charge in [-0.3, -0.25) is 0 Å². The largest absolute Gasteiger partial charge is 1.00 e. The zero-order chi connectivity index (χ0) is 14.8. The summed E-state index contributed by atoms with van der Waals surface area (Å²) in [7, 11) is 1.21. The zero-order valence-electron chi connectivity index (χ0n) is 12.2. The Labute approximate surface area is 158 Å². The van der Waals surface area contributed by atoms with Gasteiger partial charge in [0.25, 0.3) is 0 Å². The second-order valence-corrected chi connectivity index (χ2v) is 5.11. The molecule has 0 saturated heterocycles. The van der Waals surface area contributed by atoms with Gasteiger partial charge in [0.1, 0.15) is 5.60 Å². The van der Waals surface area contributed by atoms with E-state index in [9.17, 15) is 17.7 Å². The number of nitrogens with zero attached hydrogens (tertiary/aromatic N) is 2. The molecule has 0 aliphatic rings. The maximum atomic E-state index is 12.6. The Morgan fingerprint density at radius 3 is 2.40 bits per heavy atom. The van der Waals surface area contributed by atoms with E-state index < -0.39 is 24.3 Å². The van der Waals surface area contributed by atoms with Crippen molar-refractivity contribution in [2.75, 3.05) is 0 Å². The van der Waals surface area contributed by atoms with Crippen LogP contribution >= 0.6 is 0 Å². The van der Waals surface area contributed by atoms with Crippen molar-refractivity contribution in [3.8, 4) is 0 Å². The van der Waals surface area contributed by atoms with Gasteiger partial charge in [-0.2, -0.15) is 5.10 Å². The van der Waals surface area contributed by atoms with Crippen LogP contribution in [-0.4, -0.2) is 28.5 Å². The van der Waals surface area contributed by atoms with Gasteiger partial charge in [0.15, 0.2) is 0 Å². The number of amides is 1. The van der Waals surface area contributed by atoms with Crippen LogP contribution < -0.4 is 62.3 Å². The molecule has 0 aliphatic carbocycles. The molecule has 10 heteroatoms. The fourth-order valence-electron chi connectivity index (χ4n) is 1.41. The molecule has 0 radical (unpaired) electrons. The molecule has 1 rings (SSSR count). The molecule has 1 aromatic heterocycles. The molecule has 0 atom stereocenters. The number of rotatable bonds is 3. The molecule has 0 bridgehead atoms. The maximum absolute atomic E-state index is 12.6. The molecule has 1 N–H and O–H groups in total. The van der Waals surface area contributed by atoms with Gasteiger partial charge in [-0.25, -0.2) is 4.79 Å². The quantitative estimate of drug-likeness (QED) is 0.691. The molecule has 1 heterocycles. The van der Waals surface area contributed by atoms with Gasteiger partial charge in [0.2, 0.25) is 0 Å². The van der Waals surface area contributed by atoms with Crippen LogP contribution in [0.3, 0.4) is 0 Å². The van der Waals surface area contributed by atoms with E-state index in [1.807, 2.05) is 0 Å². The third-order valence-electron chi connectivity index (χ3n) is 2.11. The van der Waals surface area contributed by atoms with E-state index in [4.69, 9.17) is 4.74 Å². The van der Waals surface area contributed by atoms with Gasteiger partial charge in [0.05, 0.1) is 12.2 Å². The fraction of sp³-hybridized carbons (Fsp3) is 0.600. The Balaban J connectivity index is 0.00000361. The fourth-order valence-corrected chi connectivity index (χ4v) is 1.41. The first-order valence-electron chi connectivity index (χ1n) is 5.68. The minimum absolute atomic E-state index is 0. The first-order chi connectivity index (χ1) is 8.49. The monoisotopic (exact) mass is 317 g/mol. The van der Waals surface area contributed by atoms with E-state index in [-0.39, 0.29) is 63.6 Å². The zero-order valence-corrected chi connectivity index (χ0v) is 15.3. The summed E-state index contributed by atoms with van der Waals surface area (Å²) in [5.41, 5.74) is -1.34. The van der Waals surface area contributed by atoms with Crippen LogP contribution in [0, 0.1) is 0 Å². The van der Waals surface area contributed by atoms with Crippen molar-refractivity contribution in [1.82, 2.24) is 15.1 Å². The first-order valence-corrected chi connectivity index (χ1v) is 5.68. The first kappa shape index (κ1) is 20.0. The maximum Gasteiger partial charge on any atom is 1.00 e. The average Bonchev–Trinajstić information content (AvgIpc) is 2.53. The van der Waals surface area contributed by atoms with E-state index >= 15 is 0 Å². The Kier molecular flexibility index (Phi) is 7.29. The molecule has 1 amide bonds. The number of carbonyl (C=O) groups excluding carboxylic acids is 1. The summed E-state index contributed by atoms with van der Waals surface area (Å²) in [5, 5.41) is 6.04. The molecule has 5 nitrogen and oxygen atoms in total. The molecule has 0 saturated carbocycles. The molecule has 0 aromatic carbocycles. The van der Waals surface area contributed by atoms with Crippen LogP contribution in [0.1, 0.15) is 26.5 Å². The van der Waals surface area contributed by atoms with Crippen LogP contribution in [0.4, 0.5) is 17.7 Å². The van der Waals surface area contributed by atoms with Crippen molar-refractivity contribution in [3.63, 3.8) is 0 Å². The number of halogens is 3. The minimum Gasteiger partial charge on any atom is -0.444 e. The van der Waals surface area contributed by atoms with Gasteiger partial charge in [-0.1, -0.05) is 0 Å². The van der Waals surface area contributed by atoms with Crippen molar-refractivity contribution in [3.05, 3.63) is 11.8 Å². The second kappa shape index (κ2) is 7.30. The topological polar surface area (TPSA) is 56.2 Å². The van der Waals surface area contributed by atoms with E-state index in [2.05, 4.69) is 10.4 Å². The molecule has 0 fully saturated rings. The Morgan fingerprint density at radius 1 is 1.45 bits per heavy atom. The van der Waals surface area contributed by atoms with Gasteiger partial charge >= 0.3 is 64.5 Å². The number of hydrogen-bond donors (Lipinski definition) is 1. The van der Waals surface area contributed by atoms with Crippen molar-refractivity contribution >= 4 is 18.7 Å². The Hall–Kier alpha value is -0.0287. The minimum atomic E-state index is -5.11. The average molecular weight is 317 g/mol. The second-order valence-electron chi connectivity index (χ2n) is 5.11. The van der Waals surface area contributed by atoms with Gasteiger partial charge in [-0.05, 0) is 32.4 Å². The Morgan fingerprint density at radius 2 is 2.00 bits per heavy atom. The van der Waals surface area contributed by atoms with Crippen molar-refractivity contribution in [2.45, 2.75) is 32.9 Å². The van der Waals surface area contributed by atoms with Gasteiger partial charge < -0.3 is 27.7 Å². The standard InChI is InChI=1S/C10H16BF3N3O2.K/c1-10(2,3)19-9(18)15-6-7-5-8(11(12,13)14)17(4)16-7;/h5H,6H2,1-4H3,(H,15,18);/q-1;+1. The van der Waals surface area contributed by atoms with Crippen molar-refractivity contribution < 1.29 is 73.9 Å². The van der Waals surface area contributed by atoms with E-state index in [0.717, 1.165) is 10.7 Å². The molecular formula is C10H16BF3KN3O2. The van der Waals surface area contributed by atoms with Gasteiger partial charge in [-0.15, -0.1) is 0 Å². The molecule has 20 heavy (non-hydrogen) atoms.